The molecule has 1 aromatic rings. The number of ether oxygens (including phenoxy) is 1. The van der Waals surface area contributed by atoms with Gasteiger partial charge in [-0.2, -0.15) is 0 Å². The van der Waals surface area contributed by atoms with Crippen molar-refractivity contribution < 1.29 is 14.3 Å². The molecule has 0 spiro atoms. The largest absolute Gasteiger partial charge is 0.462 e. The number of nitrogens with one attached hydrogen (secondary N) is 1. The number of esters is 1. The summed E-state index contributed by atoms with van der Waals surface area (Å²) in [6, 6.07) is 8.16. The Balaban J connectivity index is 1.74. The van der Waals surface area contributed by atoms with Gasteiger partial charge in [0.05, 0.1) is 0 Å². The van der Waals surface area contributed by atoms with E-state index < -0.39 is 5.92 Å². The van der Waals surface area contributed by atoms with Gasteiger partial charge < -0.3 is 15.0 Å². The summed E-state index contributed by atoms with van der Waals surface area (Å²) in [5, 5.41) is 3.36. The molecule has 1 aliphatic heterocycles. The van der Waals surface area contributed by atoms with Gasteiger partial charge in [-0.3, -0.25) is 9.59 Å². The second-order valence-corrected chi connectivity index (χ2v) is 10.6. The first-order valence-corrected chi connectivity index (χ1v) is 11.9. The van der Waals surface area contributed by atoms with Crippen molar-refractivity contribution in [2.75, 3.05) is 19.0 Å². The molecule has 1 N–H and O–H groups in total. The van der Waals surface area contributed by atoms with Crippen molar-refractivity contribution in [2.45, 2.75) is 70.8 Å². The third kappa shape index (κ3) is 4.48. The van der Waals surface area contributed by atoms with Gasteiger partial charge in [0.1, 0.15) is 12.0 Å². The Morgan fingerprint density at radius 1 is 1.09 bits per heavy atom. The average Bonchev–Trinajstić information content (AvgIpc) is 2.72. The van der Waals surface area contributed by atoms with Crippen molar-refractivity contribution in [1.29, 1.82) is 0 Å². The molecule has 1 aromatic carbocycles. The zero-order valence-corrected chi connectivity index (χ0v) is 19.9. The molecule has 32 heavy (non-hydrogen) atoms. The Labute approximate surface area is 191 Å². The lowest BCUT2D eigenvalue weighted by atomic mass is 9.66. The Kier molecular flexibility index (Phi) is 6.19. The standard InChI is InChI=1S/C27H36N2O3/c1-17-23(26(31)32-20-9-7-6-8-10-20)24(18-11-13-19(14-12-18)29(4)5)25-21(28-17)15-27(2,3)16-22(25)30/h11-14,20,23-24,28H,1,6-10,15-16H2,2-5H3. The molecule has 4 rings (SSSR count). The summed E-state index contributed by atoms with van der Waals surface area (Å²) in [6.07, 6.45) is 6.45. The molecular weight excluding hydrogens is 400 g/mol. The van der Waals surface area contributed by atoms with E-state index in [1.807, 2.05) is 43.3 Å². The number of carbonyl (C=O) groups excluding carboxylic acids is 2. The molecule has 2 aliphatic carbocycles. The van der Waals surface area contributed by atoms with Gasteiger partial charge in [-0.05, 0) is 55.2 Å². The maximum Gasteiger partial charge on any atom is 0.316 e. The Bertz CT molecular complexity index is 936. The van der Waals surface area contributed by atoms with Crippen LogP contribution in [-0.4, -0.2) is 32.0 Å². The molecule has 1 heterocycles. The number of Topliss-reactive ketones (excluding diaryl/α,β-unsaturated/α-hetero) is 1. The van der Waals surface area contributed by atoms with Gasteiger partial charge in [-0.15, -0.1) is 0 Å². The van der Waals surface area contributed by atoms with Gasteiger partial charge in [0.2, 0.25) is 0 Å². The molecule has 0 radical (unpaired) electrons. The minimum absolute atomic E-state index is 0.0304. The predicted molar refractivity (Wildman–Crippen MR) is 127 cm³/mol. The van der Waals surface area contributed by atoms with E-state index in [-0.39, 0.29) is 29.2 Å². The van der Waals surface area contributed by atoms with E-state index in [0.29, 0.717) is 12.1 Å². The number of ketones is 1. The predicted octanol–water partition coefficient (Wildman–Crippen LogP) is 5.09. The Morgan fingerprint density at radius 3 is 2.38 bits per heavy atom. The Hall–Kier alpha value is -2.56. The lowest BCUT2D eigenvalue weighted by Crippen LogP contribution is -2.44. The van der Waals surface area contributed by atoms with Crippen molar-refractivity contribution >= 4 is 17.4 Å². The normalized spacial score (nSPS) is 25.8. The molecule has 0 bridgehead atoms. The van der Waals surface area contributed by atoms with Gasteiger partial charge >= 0.3 is 5.97 Å². The molecule has 0 aromatic heterocycles. The SMILES string of the molecule is C=C1NC2=C(C(=O)CC(C)(C)C2)C(c2ccc(N(C)C)cc2)C1C(=O)OC1CCCCC1. The van der Waals surface area contributed by atoms with Crippen LogP contribution in [0.4, 0.5) is 5.69 Å². The summed E-state index contributed by atoms with van der Waals surface area (Å²) in [4.78, 5) is 28.9. The molecular formula is C27H36N2O3. The number of benzene rings is 1. The molecule has 1 saturated carbocycles. The third-order valence-corrected chi connectivity index (χ3v) is 7.11. The van der Waals surface area contributed by atoms with Crippen molar-refractivity contribution in [3.63, 3.8) is 0 Å². The first kappa shape index (κ1) is 22.6. The summed E-state index contributed by atoms with van der Waals surface area (Å²) in [5.41, 5.74) is 4.21. The minimum atomic E-state index is -0.606. The molecule has 172 valence electrons. The number of nitrogens with zero attached hydrogens (tertiary/aromatic N) is 1. The van der Waals surface area contributed by atoms with E-state index in [1.54, 1.807) is 0 Å². The van der Waals surface area contributed by atoms with Crippen LogP contribution < -0.4 is 10.2 Å². The lowest BCUT2D eigenvalue weighted by Gasteiger charge is -2.42. The number of rotatable bonds is 4. The van der Waals surface area contributed by atoms with Crippen LogP contribution in [0.15, 0.2) is 47.8 Å². The highest BCUT2D eigenvalue weighted by Crippen LogP contribution is 2.48. The summed E-state index contributed by atoms with van der Waals surface area (Å²) in [5.74, 6) is -1.12. The van der Waals surface area contributed by atoms with E-state index in [2.05, 4.69) is 25.7 Å². The van der Waals surface area contributed by atoms with E-state index in [0.717, 1.165) is 54.6 Å². The fourth-order valence-corrected chi connectivity index (χ4v) is 5.48. The minimum Gasteiger partial charge on any atom is -0.462 e. The number of allylic oxidation sites excluding steroid dienone is 2. The van der Waals surface area contributed by atoms with E-state index in [4.69, 9.17) is 4.74 Å². The first-order chi connectivity index (χ1) is 15.2. The van der Waals surface area contributed by atoms with Crippen LogP contribution in [0.2, 0.25) is 0 Å². The molecule has 1 fully saturated rings. The number of hydrogen-bond acceptors (Lipinski definition) is 5. The van der Waals surface area contributed by atoms with Crippen molar-refractivity contribution in [3.05, 3.63) is 53.4 Å². The van der Waals surface area contributed by atoms with E-state index in [1.165, 1.54) is 6.42 Å². The van der Waals surface area contributed by atoms with Crippen LogP contribution in [0, 0.1) is 11.3 Å². The highest BCUT2D eigenvalue weighted by molar-refractivity contribution is 6.00. The number of hydrogen-bond donors (Lipinski definition) is 1. The van der Waals surface area contributed by atoms with Gasteiger partial charge in [0, 0.05) is 49.1 Å². The molecule has 0 saturated heterocycles. The highest BCUT2D eigenvalue weighted by Gasteiger charge is 2.47. The topological polar surface area (TPSA) is 58.6 Å². The number of carbonyl (C=O) groups is 2. The van der Waals surface area contributed by atoms with Crippen molar-refractivity contribution in [1.82, 2.24) is 5.32 Å². The molecule has 2 unspecified atom stereocenters. The van der Waals surface area contributed by atoms with Gasteiger partial charge in [0.25, 0.3) is 0 Å². The maximum atomic E-state index is 13.5. The van der Waals surface area contributed by atoms with Crippen molar-refractivity contribution in [3.8, 4) is 0 Å². The maximum absolute atomic E-state index is 13.5. The van der Waals surface area contributed by atoms with E-state index in [9.17, 15) is 9.59 Å². The summed E-state index contributed by atoms with van der Waals surface area (Å²) < 4.78 is 5.99. The van der Waals surface area contributed by atoms with E-state index >= 15 is 0 Å². The zero-order valence-electron chi connectivity index (χ0n) is 19.9. The van der Waals surface area contributed by atoms with Crippen LogP contribution in [-0.2, 0) is 14.3 Å². The van der Waals surface area contributed by atoms with Gasteiger partial charge in [-0.25, -0.2) is 0 Å². The summed E-state index contributed by atoms with van der Waals surface area (Å²) >= 11 is 0. The third-order valence-electron chi connectivity index (χ3n) is 7.11. The second kappa shape index (κ2) is 8.76. The van der Waals surface area contributed by atoms with Crippen LogP contribution >= 0.6 is 0 Å². The molecule has 5 heteroatoms. The molecule has 3 aliphatic rings. The fraction of sp³-hybridized carbons (Fsp3) is 0.556. The van der Waals surface area contributed by atoms with Crippen molar-refractivity contribution in [2.24, 2.45) is 11.3 Å². The van der Waals surface area contributed by atoms with Gasteiger partial charge in [0.15, 0.2) is 5.78 Å². The summed E-state index contributed by atoms with van der Waals surface area (Å²) in [7, 11) is 4.00. The summed E-state index contributed by atoms with van der Waals surface area (Å²) in [6.45, 7) is 8.46. The molecule has 0 amide bonds. The first-order valence-electron chi connectivity index (χ1n) is 11.9. The van der Waals surface area contributed by atoms with Crippen LogP contribution in [0.25, 0.3) is 0 Å². The monoisotopic (exact) mass is 436 g/mol. The second-order valence-electron chi connectivity index (χ2n) is 10.6. The van der Waals surface area contributed by atoms with Crippen LogP contribution in [0.3, 0.4) is 0 Å². The highest BCUT2D eigenvalue weighted by atomic mass is 16.5. The quantitative estimate of drug-likeness (QED) is 0.667. The van der Waals surface area contributed by atoms with Crippen LogP contribution in [0.1, 0.15) is 70.3 Å². The van der Waals surface area contributed by atoms with Crippen LogP contribution in [0.5, 0.6) is 0 Å². The lowest BCUT2D eigenvalue weighted by molar-refractivity contribution is -0.155. The molecule has 2 atom stereocenters. The Morgan fingerprint density at radius 2 is 1.75 bits per heavy atom. The smallest absolute Gasteiger partial charge is 0.316 e. The fourth-order valence-electron chi connectivity index (χ4n) is 5.48. The van der Waals surface area contributed by atoms with Gasteiger partial charge in [-0.1, -0.05) is 39.0 Å². The zero-order chi connectivity index (χ0) is 23.0. The molecule has 5 nitrogen and oxygen atoms in total. The average molecular weight is 437 g/mol. The number of anilines is 1.